The van der Waals surface area contributed by atoms with Crippen LogP contribution in [-0.2, 0) is 4.79 Å². The quantitative estimate of drug-likeness (QED) is 0.757. The molecule has 4 nitrogen and oxygen atoms in total. The molecule has 1 amide bonds. The van der Waals surface area contributed by atoms with Crippen LogP contribution in [-0.4, -0.2) is 51.1 Å². The number of nitrogens with one attached hydrogen (secondary N) is 2. The SMILES string of the molecule is CNCC1(C(=O)NCC(C)(C)C2CCN(C)C2)CC1. The summed E-state index contributed by atoms with van der Waals surface area (Å²) < 4.78 is 0. The largest absolute Gasteiger partial charge is 0.355 e. The summed E-state index contributed by atoms with van der Waals surface area (Å²) in [6.07, 6.45) is 3.32. The van der Waals surface area contributed by atoms with Crippen molar-refractivity contribution in [2.24, 2.45) is 16.7 Å². The highest BCUT2D eigenvalue weighted by atomic mass is 16.2. The van der Waals surface area contributed by atoms with Crippen molar-refractivity contribution >= 4 is 5.91 Å². The van der Waals surface area contributed by atoms with E-state index in [1.807, 2.05) is 7.05 Å². The van der Waals surface area contributed by atoms with E-state index in [1.165, 1.54) is 13.0 Å². The smallest absolute Gasteiger partial charge is 0.227 e. The van der Waals surface area contributed by atoms with Crippen LogP contribution >= 0.6 is 0 Å². The van der Waals surface area contributed by atoms with E-state index in [9.17, 15) is 4.79 Å². The van der Waals surface area contributed by atoms with E-state index < -0.39 is 0 Å². The van der Waals surface area contributed by atoms with Gasteiger partial charge in [-0.15, -0.1) is 0 Å². The fraction of sp³-hybridized carbons (Fsp3) is 0.933. The zero-order chi connectivity index (χ0) is 14.1. The summed E-state index contributed by atoms with van der Waals surface area (Å²) in [5.74, 6) is 0.943. The van der Waals surface area contributed by atoms with Gasteiger partial charge in [0, 0.05) is 19.6 Å². The molecule has 4 heteroatoms. The Labute approximate surface area is 117 Å². The molecule has 2 N–H and O–H groups in total. The maximum absolute atomic E-state index is 12.3. The second kappa shape index (κ2) is 5.41. The van der Waals surface area contributed by atoms with Gasteiger partial charge in [-0.3, -0.25) is 4.79 Å². The summed E-state index contributed by atoms with van der Waals surface area (Å²) in [5, 5.41) is 6.35. The van der Waals surface area contributed by atoms with Crippen LogP contribution in [0.3, 0.4) is 0 Å². The molecule has 1 aliphatic carbocycles. The molecule has 19 heavy (non-hydrogen) atoms. The predicted octanol–water partition coefficient (Wildman–Crippen LogP) is 1.08. The Morgan fingerprint density at radius 2 is 2.11 bits per heavy atom. The minimum atomic E-state index is -0.0999. The van der Waals surface area contributed by atoms with Crippen LogP contribution in [0.2, 0.25) is 0 Å². The number of rotatable bonds is 6. The summed E-state index contributed by atoms with van der Waals surface area (Å²) in [4.78, 5) is 14.7. The Hall–Kier alpha value is -0.610. The molecule has 0 aromatic carbocycles. The van der Waals surface area contributed by atoms with Gasteiger partial charge in [0.05, 0.1) is 5.41 Å². The maximum atomic E-state index is 12.3. The molecule has 0 aromatic heterocycles. The van der Waals surface area contributed by atoms with Crippen molar-refractivity contribution in [3.63, 3.8) is 0 Å². The minimum Gasteiger partial charge on any atom is -0.355 e. The standard InChI is InChI=1S/C15H29N3O/c1-14(2,12-5-8-18(4)9-12)10-17-13(19)15(6-7-15)11-16-3/h12,16H,5-11H2,1-4H3,(H,17,19). The summed E-state index contributed by atoms with van der Waals surface area (Å²) in [6, 6.07) is 0. The Morgan fingerprint density at radius 3 is 2.58 bits per heavy atom. The molecule has 1 heterocycles. The minimum absolute atomic E-state index is 0.0999. The van der Waals surface area contributed by atoms with Gasteiger partial charge in [0.15, 0.2) is 0 Å². The molecule has 2 rings (SSSR count). The fourth-order valence-electron chi connectivity index (χ4n) is 3.19. The molecule has 0 spiro atoms. The third-order valence-electron chi connectivity index (χ3n) is 5.05. The fourth-order valence-corrected chi connectivity index (χ4v) is 3.19. The highest BCUT2D eigenvalue weighted by Gasteiger charge is 2.49. The summed E-state index contributed by atoms with van der Waals surface area (Å²) in [5.41, 5.74) is 0.0907. The van der Waals surface area contributed by atoms with Crippen LogP contribution in [0.25, 0.3) is 0 Å². The number of carbonyl (C=O) groups excluding carboxylic acids is 1. The van der Waals surface area contributed by atoms with Gasteiger partial charge in [-0.1, -0.05) is 13.8 Å². The Balaban J connectivity index is 1.82. The van der Waals surface area contributed by atoms with Crippen molar-refractivity contribution in [2.45, 2.75) is 33.1 Å². The molecular weight excluding hydrogens is 238 g/mol. The Morgan fingerprint density at radius 1 is 1.42 bits per heavy atom. The molecule has 1 saturated carbocycles. The normalized spacial score (nSPS) is 26.4. The Bertz CT molecular complexity index is 336. The van der Waals surface area contributed by atoms with Crippen molar-refractivity contribution in [2.75, 3.05) is 40.3 Å². The van der Waals surface area contributed by atoms with Crippen molar-refractivity contribution in [3.05, 3.63) is 0 Å². The first kappa shape index (κ1) is 14.8. The number of carbonyl (C=O) groups is 1. The molecule has 2 aliphatic rings. The zero-order valence-electron chi connectivity index (χ0n) is 12.9. The molecule has 1 atom stereocenters. The lowest BCUT2D eigenvalue weighted by Crippen LogP contribution is -2.44. The average molecular weight is 267 g/mol. The molecule has 0 bridgehead atoms. The molecule has 0 radical (unpaired) electrons. The van der Waals surface area contributed by atoms with Crippen molar-refractivity contribution < 1.29 is 4.79 Å². The molecule has 2 fully saturated rings. The lowest BCUT2D eigenvalue weighted by Gasteiger charge is -2.32. The summed E-state index contributed by atoms with van der Waals surface area (Å²) in [6.45, 7) is 8.53. The van der Waals surface area contributed by atoms with E-state index in [0.29, 0.717) is 5.92 Å². The predicted molar refractivity (Wildman–Crippen MR) is 78.0 cm³/mol. The van der Waals surface area contributed by atoms with Crippen LogP contribution in [0.4, 0.5) is 0 Å². The molecular formula is C15H29N3O. The number of likely N-dealkylation sites (tertiary alicyclic amines) is 1. The molecule has 1 aliphatic heterocycles. The van der Waals surface area contributed by atoms with E-state index in [0.717, 1.165) is 32.5 Å². The number of hydrogen-bond donors (Lipinski definition) is 2. The van der Waals surface area contributed by atoms with Gasteiger partial charge in [0.25, 0.3) is 0 Å². The monoisotopic (exact) mass is 267 g/mol. The summed E-state index contributed by atoms with van der Waals surface area (Å²) in [7, 11) is 4.10. The van der Waals surface area contributed by atoms with Crippen molar-refractivity contribution in [3.8, 4) is 0 Å². The van der Waals surface area contributed by atoms with Crippen LogP contribution < -0.4 is 10.6 Å². The van der Waals surface area contributed by atoms with E-state index in [-0.39, 0.29) is 16.7 Å². The van der Waals surface area contributed by atoms with Crippen LogP contribution in [0.1, 0.15) is 33.1 Å². The highest BCUT2D eigenvalue weighted by Crippen LogP contribution is 2.45. The average Bonchev–Trinajstić information content (AvgIpc) is 3.00. The second-order valence-corrected chi connectivity index (χ2v) is 7.23. The third kappa shape index (κ3) is 3.29. The lowest BCUT2D eigenvalue weighted by molar-refractivity contribution is -0.126. The van der Waals surface area contributed by atoms with Gasteiger partial charge in [-0.2, -0.15) is 0 Å². The topological polar surface area (TPSA) is 44.4 Å². The van der Waals surface area contributed by atoms with E-state index >= 15 is 0 Å². The van der Waals surface area contributed by atoms with Gasteiger partial charge in [0.1, 0.15) is 0 Å². The molecule has 1 unspecified atom stereocenters. The van der Waals surface area contributed by atoms with E-state index in [2.05, 4.69) is 36.4 Å². The van der Waals surface area contributed by atoms with E-state index in [1.54, 1.807) is 0 Å². The van der Waals surface area contributed by atoms with Crippen molar-refractivity contribution in [1.82, 2.24) is 15.5 Å². The molecule has 0 aromatic rings. The Kier molecular flexibility index (Phi) is 4.21. The van der Waals surface area contributed by atoms with Gasteiger partial charge < -0.3 is 15.5 Å². The van der Waals surface area contributed by atoms with Gasteiger partial charge in [-0.05, 0) is 51.2 Å². The van der Waals surface area contributed by atoms with Crippen LogP contribution in [0.15, 0.2) is 0 Å². The highest BCUT2D eigenvalue weighted by molar-refractivity contribution is 5.85. The zero-order valence-corrected chi connectivity index (χ0v) is 12.9. The van der Waals surface area contributed by atoms with Crippen LogP contribution in [0.5, 0.6) is 0 Å². The van der Waals surface area contributed by atoms with Gasteiger partial charge in [-0.25, -0.2) is 0 Å². The molecule has 1 saturated heterocycles. The number of amides is 1. The third-order valence-corrected chi connectivity index (χ3v) is 5.05. The maximum Gasteiger partial charge on any atom is 0.227 e. The number of hydrogen-bond acceptors (Lipinski definition) is 3. The van der Waals surface area contributed by atoms with Crippen LogP contribution in [0, 0.1) is 16.7 Å². The first-order chi connectivity index (χ1) is 8.89. The first-order valence-electron chi connectivity index (χ1n) is 7.51. The van der Waals surface area contributed by atoms with Crippen molar-refractivity contribution in [1.29, 1.82) is 0 Å². The van der Waals surface area contributed by atoms with Gasteiger partial charge in [0.2, 0.25) is 5.91 Å². The van der Waals surface area contributed by atoms with E-state index in [4.69, 9.17) is 0 Å². The molecule has 110 valence electrons. The first-order valence-corrected chi connectivity index (χ1v) is 7.51. The van der Waals surface area contributed by atoms with Gasteiger partial charge >= 0.3 is 0 Å². The number of nitrogens with zero attached hydrogens (tertiary/aromatic N) is 1. The lowest BCUT2D eigenvalue weighted by atomic mass is 9.78. The second-order valence-electron chi connectivity index (χ2n) is 7.23. The summed E-state index contributed by atoms with van der Waals surface area (Å²) >= 11 is 0.